The van der Waals surface area contributed by atoms with Crippen molar-refractivity contribution in [1.82, 2.24) is 0 Å². The molecule has 0 saturated carbocycles. The Morgan fingerprint density at radius 2 is 1.84 bits per heavy atom. The molecule has 1 amide bonds. The molecule has 25 heavy (non-hydrogen) atoms. The minimum Gasteiger partial charge on any atom is -0.461 e. The Kier molecular flexibility index (Phi) is 4.98. The molecule has 4 heteroatoms. The molecule has 1 aromatic heterocycles. The van der Waals surface area contributed by atoms with E-state index in [0.29, 0.717) is 29.9 Å². The smallest absolute Gasteiger partial charge is 0.224 e. The van der Waals surface area contributed by atoms with E-state index in [-0.39, 0.29) is 11.7 Å². The van der Waals surface area contributed by atoms with Crippen LogP contribution in [0, 0.1) is 19.7 Å². The number of rotatable bonds is 5. The second kappa shape index (κ2) is 7.34. The van der Waals surface area contributed by atoms with E-state index in [9.17, 15) is 9.18 Å². The first-order chi connectivity index (χ1) is 12.0. The molecule has 0 aliphatic heterocycles. The molecule has 1 heterocycles. The first-order valence-corrected chi connectivity index (χ1v) is 8.24. The molecule has 0 radical (unpaired) electrons. The van der Waals surface area contributed by atoms with Crippen molar-refractivity contribution in [3.8, 4) is 11.3 Å². The summed E-state index contributed by atoms with van der Waals surface area (Å²) in [5, 5.41) is 2.93. The summed E-state index contributed by atoms with van der Waals surface area (Å²) in [4.78, 5) is 12.2. The number of carbonyl (C=O) groups is 1. The standard InChI is InChI=1S/C21H20FNO2/c1-14-6-5-9-19(15(14)2)23-21(24)13-11-16-10-12-20(25-16)17-7-3-4-8-18(17)22/h3-10,12H,11,13H2,1-2H3,(H,23,24). The number of aryl methyl sites for hydroxylation is 2. The number of furan rings is 1. The van der Waals surface area contributed by atoms with Crippen LogP contribution in [0.3, 0.4) is 0 Å². The van der Waals surface area contributed by atoms with E-state index in [2.05, 4.69) is 5.32 Å². The molecule has 0 aliphatic rings. The fraction of sp³-hybridized carbons (Fsp3) is 0.190. The summed E-state index contributed by atoms with van der Waals surface area (Å²) in [6.45, 7) is 4.00. The predicted octanol–water partition coefficient (Wildman–Crippen LogP) is 5.27. The summed E-state index contributed by atoms with van der Waals surface area (Å²) in [7, 11) is 0. The normalized spacial score (nSPS) is 10.7. The highest BCUT2D eigenvalue weighted by Gasteiger charge is 2.11. The SMILES string of the molecule is Cc1cccc(NC(=O)CCc2ccc(-c3ccccc3F)o2)c1C. The zero-order valence-electron chi connectivity index (χ0n) is 14.3. The number of halogens is 1. The lowest BCUT2D eigenvalue weighted by molar-refractivity contribution is -0.116. The Morgan fingerprint density at radius 3 is 2.64 bits per heavy atom. The lowest BCUT2D eigenvalue weighted by Gasteiger charge is -2.09. The maximum Gasteiger partial charge on any atom is 0.224 e. The highest BCUT2D eigenvalue weighted by molar-refractivity contribution is 5.91. The lowest BCUT2D eigenvalue weighted by atomic mass is 10.1. The maximum absolute atomic E-state index is 13.8. The van der Waals surface area contributed by atoms with Crippen molar-refractivity contribution in [2.24, 2.45) is 0 Å². The molecular formula is C21H20FNO2. The van der Waals surface area contributed by atoms with Gasteiger partial charge in [0, 0.05) is 18.5 Å². The third-order valence-corrected chi connectivity index (χ3v) is 4.28. The van der Waals surface area contributed by atoms with Crippen LogP contribution in [0.1, 0.15) is 23.3 Å². The van der Waals surface area contributed by atoms with Crippen molar-refractivity contribution in [2.75, 3.05) is 5.32 Å². The number of anilines is 1. The van der Waals surface area contributed by atoms with E-state index >= 15 is 0 Å². The van der Waals surface area contributed by atoms with Gasteiger partial charge in [-0.3, -0.25) is 4.79 Å². The molecule has 0 atom stereocenters. The molecule has 128 valence electrons. The van der Waals surface area contributed by atoms with Gasteiger partial charge in [-0.25, -0.2) is 4.39 Å². The first-order valence-electron chi connectivity index (χ1n) is 8.24. The molecule has 0 unspecified atom stereocenters. The number of hydrogen-bond donors (Lipinski definition) is 1. The number of hydrogen-bond acceptors (Lipinski definition) is 2. The lowest BCUT2D eigenvalue weighted by Crippen LogP contribution is -2.13. The van der Waals surface area contributed by atoms with E-state index in [4.69, 9.17) is 4.42 Å². The molecule has 0 bridgehead atoms. The van der Waals surface area contributed by atoms with Gasteiger partial charge in [-0.15, -0.1) is 0 Å². The summed E-state index contributed by atoms with van der Waals surface area (Å²) < 4.78 is 19.5. The third kappa shape index (κ3) is 3.97. The Labute approximate surface area is 146 Å². The monoisotopic (exact) mass is 337 g/mol. The topological polar surface area (TPSA) is 42.2 Å². The van der Waals surface area contributed by atoms with Crippen molar-refractivity contribution in [3.63, 3.8) is 0 Å². The van der Waals surface area contributed by atoms with Crippen molar-refractivity contribution in [2.45, 2.75) is 26.7 Å². The van der Waals surface area contributed by atoms with E-state index in [1.165, 1.54) is 6.07 Å². The summed E-state index contributed by atoms with van der Waals surface area (Å²) in [5.41, 5.74) is 3.46. The Bertz CT molecular complexity index is 898. The molecule has 3 aromatic rings. The predicted molar refractivity (Wildman–Crippen MR) is 97.0 cm³/mol. The molecule has 0 saturated heterocycles. The summed E-state index contributed by atoms with van der Waals surface area (Å²) in [5.74, 6) is 0.742. The molecule has 3 nitrogen and oxygen atoms in total. The minimum absolute atomic E-state index is 0.0717. The van der Waals surface area contributed by atoms with Crippen LogP contribution < -0.4 is 5.32 Å². The van der Waals surface area contributed by atoms with Gasteiger partial charge >= 0.3 is 0 Å². The van der Waals surface area contributed by atoms with E-state index in [1.54, 1.807) is 30.3 Å². The van der Waals surface area contributed by atoms with Crippen LogP contribution in [0.4, 0.5) is 10.1 Å². The minimum atomic E-state index is -0.323. The number of carbonyl (C=O) groups excluding carboxylic acids is 1. The van der Waals surface area contributed by atoms with Gasteiger partial charge < -0.3 is 9.73 Å². The van der Waals surface area contributed by atoms with Crippen molar-refractivity contribution < 1.29 is 13.6 Å². The second-order valence-electron chi connectivity index (χ2n) is 6.04. The van der Waals surface area contributed by atoms with E-state index in [1.807, 2.05) is 32.0 Å². The number of benzene rings is 2. The van der Waals surface area contributed by atoms with Crippen LogP contribution in [0.5, 0.6) is 0 Å². The van der Waals surface area contributed by atoms with Crippen molar-refractivity contribution >= 4 is 11.6 Å². The average Bonchev–Trinajstić information content (AvgIpc) is 3.06. The van der Waals surface area contributed by atoms with Gasteiger partial charge in [-0.05, 0) is 55.3 Å². The molecule has 0 spiro atoms. The van der Waals surface area contributed by atoms with Gasteiger partial charge in [0.05, 0.1) is 5.56 Å². The molecule has 2 aromatic carbocycles. The van der Waals surface area contributed by atoms with Crippen LogP contribution in [-0.2, 0) is 11.2 Å². The number of amides is 1. The van der Waals surface area contributed by atoms with Crippen molar-refractivity contribution in [3.05, 3.63) is 77.3 Å². The molecule has 3 rings (SSSR count). The molecule has 0 aliphatic carbocycles. The zero-order chi connectivity index (χ0) is 17.8. The summed E-state index contributed by atoms with van der Waals surface area (Å²) in [6, 6.07) is 15.8. The number of nitrogens with one attached hydrogen (secondary N) is 1. The molecular weight excluding hydrogens is 317 g/mol. The first kappa shape index (κ1) is 17.0. The second-order valence-corrected chi connectivity index (χ2v) is 6.04. The summed E-state index contributed by atoms with van der Waals surface area (Å²) in [6.07, 6.45) is 0.767. The third-order valence-electron chi connectivity index (χ3n) is 4.28. The van der Waals surface area contributed by atoms with Gasteiger partial charge in [-0.2, -0.15) is 0 Å². The van der Waals surface area contributed by atoms with Gasteiger partial charge in [0.15, 0.2) is 0 Å². The molecule has 0 fully saturated rings. The highest BCUT2D eigenvalue weighted by Crippen LogP contribution is 2.25. The largest absolute Gasteiger partial charge is 0.461 e. The zero-order valence-corrected chi connectivity index (χ0v) is 14.3. The van der Waals surface area contributed by atoms with Gasteiger partial charge in [0.25, 0.3) is 0 Å². The summed E-state index contributed by atoms with van der Waals surface area (Å²) >= 11 is 0. The van der Waals surface area contributed by atoms with Gasteiger partial charge in [0.2, 0.25) is 5.91 Å². The quantitative estimate of drug-likeness (QED) is 0.689. The van der Waals surface area contributed by atoms with Crippen molar-refractivity contribution in [1.29, 1.82) is 0 Å². The van der Waals surface area contributed by atoms with Crippen LogP contribution in [-0.4, -0.2) is 5.91 Å². The van der Waals surface area contributed by atoms with Crippen LogP contribution in [0.2, 0.25) is 0 Å². The fourth-order valence-corrected chi connectivity index (χ4v) is 2.65. The highest BCUT2D eigenvalue weighted by atomic mass is 19.1. The van der Waals surface area contributed by atoms with E-state index < -0.39 is 0 Å². The maximum atomic E-state index is 13.8. The van der Waals surface area contributed by atoms with Gasteiger partial charge in [-0.1, -0.05) is 24.3 Å². The van der Waals surface area contributed by atoms with Crippen LogP contribution in [0.25, 0.3) is 11.3 Å². The Hall–Kier alpha value is -2.88. The Balaban J connectivity index is 1.62. The Morgan fingerprint density at radius 1 is 1.04 bits per heavy atom. The average molecular weight is 337 g/mol. The van der Waals surface area contributed by atoms with Crippen LogP contribution in [0.15, 0.2) is 59.0 Å². The van der Waals surface area contributed by atoms with E-state index in [0.717, 1.165) is 16.8 Å². The molecule has 1 N–H and O–H groups in total. The van der Waals surface area contributed by atoms with Gasteiger partial charge in [0.1, 0.15) is 17.3 Å². The van der Waals surface area contributed by atoms with Crippen LogP contribution >= 0.6 is 0 Å². The fourth-order valence-electron chi connectivity index (χ4n) is 2.65.